The number of nitrogens with zero attached hydrogens (tertiary/aromatic N) is 3. The molecular formula is C7H7N3O2. The molecule has 0 amide bonds. The number of ether oxygens (including phenoxy) is 1. The second-order valence-corrected chi connectivity index (χ2v) is 2.13. The molecular weight excluding hydrogens is 158 g/mol. The number of esters is 1. The average molecular weight is 165 g/mol. The zero-order valence-electron chi connectivity index (χ0n) is 6.74. The lowest BCUT2D eigenvalue weighted by atomic mass is 10.3. The summed E-state index contributed by atoms with van der Waals surface area (Å²) in [6.07, 6.45) is 1.33. The van der Waals surface area contributed by atoms with Gasteiger partial charge in [0.05, 0.1) is 13.3 Å². The predicted octanol–water partition coefficient (Wildman–Crippen LogP) is 0.0784. The summed E-state index contributed by atoms with van der Waals surface area (Å²) in [5, 5.41) is 12.3. The van der Waals surface area contributed by atoms with Gasteiger partial charge in [-0.1, -0.05) is 0 Å². The van der Waals surface area contributed by atoms with Crippen LogP contribution in [0.25, 0.3) is 0 Å². The second-order valence-electron chi connectivity index (χ2n) is 2.13. The smallest absolute Gasteiger partial charge is 0.357 e. The number of carbonyl (C=O) groups is 1. The molecule has 1 rings (SSSR count). The van der Waals surface area contributed by atoms with Gasteiger partial charge >= 0.3 is 5.97 Å². The van der Waals surface area contributed by atoms with Gasteiger partial charge in [0.25, 0.3) is 0 Å². The number of hydrogen-bond acceptors (Lipinski definition) is 4. The van der Waals surface area contributed by atoms with Crippen LogP contribution in [0.1, 0.15) is 16.1 Å². The third-order valence-corrected chi connectivity index (χ3v) is 1.44. The molecule has 0 atom stereocenters. The molecule has 12 heavy (non-hydrogen) atoms. The van der Waals surface area contributed by atoms with E-state index in [1.807, 2.05) is 6.07 Å². The highest BCUT2D eigenvalue weighted by atomic mass is 16.5. The molecule has 0 saturated heterocycles. The van der Waals surface area contributed by atoms with E-state index in [-0.39, 0.29) is 11.3 Å². The Hall–Kier alpha value is -1.83. The summed E-state index contributed by atoms with van der Waals surface area (Å²) in [4.78, 5) is 11.0. The number of hydrogen-bond donors (Lipinski definition) is 0. The zero-order chi connectivity index (χ0) is 9.14. The van der Waals surface area contributed by atoms with Crippen LogP contribution in [0.3, 0.4) is 0 Å². The molecule has 5 nitrogen and oxygen atoms in total. The molecule has 62 valence electrons. The minimum Gasteiger partial charge on any atom is -0.464 e. The molecule has 0 fully saturated rings. The van der Waals surface area contributed by atoms with Crippen LogP contribution in [-0.4, -0.2) is 22.9 Å². The highest BCUT2D eigenvalue weighted by Crippen LogP contribution is 2.06. The summed E-state index contributed by atoms with van der Waals surface area (Å²) >= 11 is 0. The van der Waals surface area contributed by atoms with Crippen molar-refractivity contribution in [1.29, 1.82) is 5.26 Å². The van der Waals surface area contributed by atoms with Gasteiger partial charge in [-0.25, -0.2) is 4.79 Å². The maximum atomic E-state index is 11.0. The molecule has 5 heteroatoms. The van der Waals surface area contributed by atoms with Crippen LogP contribution in [0.15, 0.2) is 6.20 Å². The van der Waals surface area contributed by atoms with Gasteiger partial charge < -0.3 is 4.74 Å². The van der Waals surface area contributed by atoms with E-state index in [2.05, 4.69) is 9.84 Å². The number of nitriles is 1. The fraction of sp³-hybridized carbons (Fsp3) is 0.286. The first-order valence-electron chi connectivity index (χ1n) is 3.21. The minimum absolute atomic E-state index is 0.181. The Labute approximate surface area is 69.2 Å². The summed E-state index contributed by atoms with van der Waals surface area (Å²) in [6, 6.07) is 1.85. The Morgan fingerprint density at radius 2 is 2.50 bits per heavy atom. The van der Waals surface area contributed by atoms with E-state index in [1.165, 1.54) is 18.0 Å². The normalized spacial score (nSPS) is 9.08. The van der Waals surface area contributed by atoms with Crippen molar-refractivity contribution in [2.75, 3.05) is 7.11 Å². The number of aryl methyl sites for hydroxylation is 1. The lowest BCUT2D eigenvalue weighted by molar-refractivity contribution is 0.0588. The number of methoxy groups -OCH3 is 1. The van der Waals surface area contributed by atoms with E-state index in [9.17, 15) is 4.79 Å². The van der Waals surface area contributed by atoms with Crippen LogP contribution in [0, 0.1) is 11.3 Å². The van der Waals surface area contributed by atoms with Gasteiger partial charge in [0.2, 0.25) is 0 Å². The summed E-state index contributed by atoms with van der Waals surface area (Å²) in [5.41, 5.74) is 0.407. The molecule has 0 N–H and O–H groups in total. The largest absolute Gasteiger partial charge is 0.464 e. The third kappa shape index (κ3) is 1.14. The van der Waals surface area contributed by atoms with E-state index < -0.39 is 5.97 Å². The molecule has 0 aliphatic carbocycles. The van der Waals surface area contributed by atoms with Crippen molar-refractivity contribution in [1.82, 2.24) is 9.78 Å². The fourth-order valence-electron chi connectivity index (χ4n) is 0.858. The molecule has 1 heterocycles. The van der Waals surface area contributed by atoms with Gasteiger partial charge in [0.15, 0.2) is 5.69 Å². The Kier molecular flexibility index (Phi) is 2.10. The monoisotopic (exact) mass is 165 g/mol. The molecule has 1 aromatic heterocycles. The molecule has 0 aromatic carbocycles. The van der Waals surface area contributed by atoms with Crippen molar-refractivity contribution < 1.29 is 9.53 Å². The van der Waals surface area contributed by atoms with Gasteiger partial charge in [0.1, 0.15) is 11.6 Å². The Morgan fingerprint density at radius 3 is 3.00 bits per heavy atom. The van der Waals surface area contributed by atoms with E-state index >= 15 is 0 Å². The predicted molar refractivity (Wildman–Crippen MR) is 39.3 cm³/mol. The zero-order valence-corrected chi connectivity index (χ0v) is 6.74. The van der Waals surface area contributed by atoms with Crippen molar-refractivity contribution in [3.63, 3.8) is 0 Å². The number of carbonyl (C=O) groups excluding carboxylic acids is 1. The first kappa shape index (κ1) is 8.27. The van der Waals surface area contributed by atoms with E-state index in [0.29, 0.717) is 0 Å². The maximum Gasteiger partial charge on any atom is 0.357 e. The molecule has 0 spiro atoms. The van der Waals surface area contributed by atoms with Gasteiger partial charge in [-0.3, -0.25) is 4.68 Å². The van der Waals surface area contributed by atoms with Crippen LogP contribution in [0.2, 0.25) is 0 Å². The summed E-state index contributed by atoms with van der Waals surface area (Å²) in [7, 11) is 2.84. The topological polar surface area (TPSA) is 67.9 Å². The van der Waals surface area contributed by atoms with E-state index in [0.717, 1.165) is 0 Å². The number of aromatic nitrogens is 2. The first-order chi connectivity index (χ1) is 5.70. The lowest BCUT2D eigenvalue weighted by Crippen LogP contribution is -2.09. The van der Waals surface area contributed by atoms with Crippen molar-refractivity contribution in [3.8, 4) is 6.07 Å². The quantitative estimate of drug-likeness (QED) is 0.552. The number of rotatable bonds is 1. The molecule has 0 aliphatic heterocycles. The highest BCUT2D eigenvalue weighted by molar-refractivity contribution is 5.90. The van der Waals surface area contributed by atoms with Crippen molar-refractivity contribution in [2.24, 2.45) is 7.05 Å². The van der Waals surface area contributed by atoms with Crippen molar-refractivity contribution in [2.45, 2.75) is 0 Å². The lowest BCUT2D eigenvalue weighted by Gasteiger charge is -1.98. The van der Waals surface area contributed by atoms with Crippen molar-refractivity contribution >= 4 is 5.97 Å². The van der Waals surface area contributed by atoms with Gasteiger partial charge in [-0.05, 0) is 0 Å². The molecule has 0 saturated carbocycles. The second kappa shape index (κ2) is 3.05. The molecule has 0 radical (unpaired) electrons. The third-order valence-electron chi connectivity index (χ3n) is 1.44. The summed E-state index contributed by atoms with van der Waals surface area (Å²) in [5.74, 6) is -0.549. The van der Waals surface area contributed by atoms with Crippen LogP contribution in [0.5, 0.6) is 0 Å². The first-order valence-corrected chi connectivity index (χ1v) is 3.21. The molecule has 0 bridgehead atoms. The Bertz CT molecular complexity index is 348. The molecule has 0 aliphatic rings. The van der Waals surface area contributed by atoms with Crippen molar-refractivity contribution in [3.05, 3.63) is 17.5 Å². The highest BCUT2D eigenvalue weighted by Gasteiger charge is 2.16. The Balaban J connectivity index is 3.21. The maximum absolute atomic E-state index is 11.0. The summed E-state index contributed by atoms with van der Waals surface area (Å²) < 4.78 is 5.78. The SMILES string of the molecule is COC(=O)c1c(C#N)cnn1C. The average Bonchev–Trinajstić information content (AvgIpc) is 2.45. The van der Waals surface area contributed by atoms with Gasteiger partial charge in [-0.2, -0.15) is 10.4 Å². The fourth-order valence-corrected chi connectivity index (χ4v) is 0.858. The molecule has 0 unspecified atom stereocenters. The van der Waals surface area contributed by atoms with Crippen LogP contribution in [-0.2, 0) is 11.8 Å². The standard InChI is InChI=1S/C7H7N3O2/c1-10-6(7(11)12-2)5(3-8)4-9-10/h4H,1-2H3. The van der Waals surface area contributed by atoms with Crippen LogP contribution < -0.4 is 0 Å². The summed E-state index contributed by atoms with van der Waals surface area (Å²) in [6.45, 7) is 0. The van der Waals surface area contributed by atoms with Gasteiger partial charge in [0, 0.05) is 7.05 Å². The van der Waals surface area contributed by atoms with E-state index in [1.54, 1.807) is 7.05 Å². The Morgan fingerprint density at radius 1 is 1.83 bits per heavy atom. The van der Waals surface area contributed by atoms with Crippen LogP contribution in [0.4, 0.5) is 0 Å². The van der Waals surface area contributed by atoms with E-state index in [4.69, 9.17) is 5.26 Å². The minimum atomic E-state index is -0.549. The molecule has 1 aromatic rings. The van der Waals surface area contributed by atoms with Crippen LogP contribution >= 0.6 is 0 Å². The van der Waals surface area contributed by atoms with Gasteiger partial charge in [-0.15, -0.1) is 0 Å².